The van der Waals surface area contributed by atoms with Gasteiger partial charge in [-0.1, -0.05) is 44.6 Å². The molecule has 1 radical (unpaired) electrons. The van der Waals surface area contributed by atoms with Gasteiger partial charge in [0.05, 0.1) is 0 Å². The fourth-order valence-corrected chi connectivity index (χ4v) is 0. The second-order valence-electron chi connectivity index (χ2n) is 0. The maximum absolute atomic E-state index is 6.25. The molecule has 0 aliphatic heterocycles. The van der Waals surface area contributed by atoms with Gasteiger partial charge in [0.1, 0.15) is 0 Å². The Bertz CT molecular complexity index is 233. The van der Waals surface area contributed by atoms with Crippen molar-refractivity contribution in [1.82, 2.24) is 0 Å². The Kier molecular flexibility index (Phi) is 8850. The summed E-state index contributed by atoms with van der Waals surface area (Å²) in [6, 6.07) is 0. The molecular formula is C18H26Fe2N12O-7. The summed E-state index contributed by atoms with van der Waals surface area (Å²) in [6.07, 6.45) is 0. The molecule has 0 aliphatic rings. The summed E-state index contributed by atoms with van der Waals surface area (Å²) in [6.45, 7) is 57.0. The average molecular weight is 538 g/mol. The van der Waals surface area contributed by atoms with Gasteiger partial charge >= 0.3 is 34.1 Å². The van der Waals surface area contributed by atoms with Crippen molar-refractivity contribution in [3.63, 3.8) is 0 Å². The molecule has 2 N–H and O–H groups in total. The molecule has 0 fully saturated rings. The maximum Gasteiger partial charge on any atom is 3.00 e. The quantitative estimate of drug-likeness (QED) is 0.310. The van der Waals surface area contributed by atoms with Gasteiger partial charge in [0.15, 0.2) is 0 Å². The van der Waals surface area contributed by atoms with Gasteiger partial charge in [-0.15, -0.1) is 0 Å². The summed E-state index contributed by atoms with van der Waals surface area (Å²) in [5.74, 6) is 0. The molecule has 0 saturated carbocycles. The summed E-state index contributed by atoms with van der Waals surface area (Å²) in [4.78, 5) is 0. The van der Waals surface area contributed by atoms with Gasteiger partial charge in [-0.2, -0.15) is 0 Å². The molecule has 0 spiro atoms. The van der Waals surface area contributed by atoms with Crippen molar-refractivity contribution in [3.8, 4) is 0 Å². The number of nitrogens with zero attached hydrogens (tertiary/aromatic N) is 12. The van der Waals surface area contributed by atoms with Crippen LogP contribution in [0.1, 0.15) is 44.6 Å². The predicted molar refractivity (Wildman–Crippen MR) is 104 cm³/mol. The third kappa shape index (κ3) is 634. The maximum atomic E-state index is 6.25. The molecule has 33 heavy (non-hydrogen) atoms. The van der Waals surface area contributed by atoms with E-state index in [1.54, 1.807) is 0 Å². The SMILES string of the molecule is C.C.C.C.C.C.O.[C-]#N.[C-]#N.[C-]#N.[C-]#N.[C-]#N.[C-]#N.[C-]#N.[C-]#N.[C-]#N.[C-]#N.[C-]#N.[C-]#N.[Fe+2].[Fe+3]. The smallest absolute Gasteiger partial charge is 0.512 e. The number of hydrogen-bond acceptors (Lipinski definition) is 12. The standard InChI is InChI=1S/12CN.6CH4.2Fe.H2O/c12*1-2;;;;;;;;;/h;;;;;;;;;;;;6*1H4;;;1H2/q12*-1;;;;;;;+2;+3;. The Morgan fingerprint density at radius 3 is 0.212 bits per heavy atom. The van der Waals surface area contributed by atoms with Crippen molar-refractivity contribution in [2.75, 3.05) is 0 Å². The molecular weight excluding hydrogens is 512 g/mol. The van der Waals surface area contributed by atoms with Crippen LogP contribution in [0, 0.1) is 142 Å². The first-order valence-corrected chi connectivity index (χ1v) is 2.68. The zero-order valence-electron chi connectivity index (χ0n) is 12.6. The first kappa shape index (κ1) is 426. The molecule has 15 heteroatoms. The molecule has 187 valence electrons. The van der Waals surface area contributed by atoms with Crippen molar-refractivity contribution in [1.29, 1.82) is 63.1 Å². The van der Waals surface area contributed by atoms with E-state index in [2.05, 4.69) is 0 Å². The normalized spacial score (nSPS) is 0.727. The fourth-order valence-electron chi connectivity index (χ4n) is 0. The summed E-state index contributed by atoms with van der Waals surface area (Å²) in [5.41, 5.74) is 0. The largest absolute Gasteiger partial charge is 3.00 e. The predicted octanol–water partition coefficient (Wildman–Crippen LogP) is 4.14. The van der Waals surface area contributed by atoms with Crippen LogP contribution in [-0.2, 0) is 34.1 Å². The molecule has 13 nitrogen and oxygen atoms in total. The van der Waals surface area contributed by atoms with E-state index in [9.17, 15) is 0 Å². The molecule has 0 atom stereocenters. The molecule has 0 aliphatic carbocycles. The van der Waals surface area contributed by atoms with E-state index in [0.29, 0.717) is 0 Å². The second-order valence-corrected chi connectivity index (χ2v) is 0. The molecule has 0 rings (SSSR count). The summed E-state index contributed by atoms with van der Waals surface area (Å²) < 4.78 is 0. The van der Waals surface area contributed by atoms with Crippen molar-refractivity contribution >= 4 is 0 Å². The molecule has 0 bridgehead atoms. The van der Waals surface area contributed by atoms with Crippen LogP contribution in [0.4, 0.5) is 0 Å². The zero-order valence-corrected chi connectivity index (χ0v) is 14.8. The van der Waals surface area contributed by atoms with E-state index in [-0.39, 0.29) is 84.2 Å². The van der Waals surface area contributed by atoms with Crippen LogP contribution in [0.15, 0.2) is 0 Å². The van der Waals surface area contributed by atoms with Gasteiger partial charge in [0.25, 0.3) is 0 Å². The van der Waals surface area contributed by atoms with E-state index >= 15 is 0 Å². The molecule has 0 aromatic carbocycles. The number of hydrogen-bond donors (Lipinski definition) is 0. The molecule has 0 aromatic heterocycles. The molecule has 0 aromatic rings. The minimum Gasteiger partial charge on any atom is -0.512 e. The Morgan fingerprint density at radius 2 is 0.212 bits per heavy atom. The first-order valence-electron chi connectivity index (χ1n) is 2.68. The van der Waals surface area contributed by atoms with E-state index in [1.165, 1.54) is 0 Å². The van der Waals surface area contributed by atoms with Crippen LogP contribution in [0.25, 0.3) is 0 Å². The van der Waals surface area contributed by atoms with Gasteiger partial charge in [-0.3, -0.25) is 0 Å². The topological polar surface area (TPSA) is 317 Å². The Balaban J connectivity index is -0.00000000244. The second kappa shape index (κ2) is 686. The van der Waals surface area contributed by atoms with E-state index in [1.807, 2.05) is 0 Å². The Labute approximate surface area is 225 Å². The Morgan fingerprint density at radius 1 is 0.212 bits per heavy atom. The van der Waals surface area contributed by atoms with Crippen LogP contribution in [0.2, 0.25) is 0 Å². The van der Waals surface area contributed by atoms with E-state index in [4.69, 9.17) is 142 Å². The average Bonchev–Trinajstić information content (AvgIpc) is 2.84. The molecule has 0 unspecified atom stereocenters. The molecule has 0 saturated heterocycles. The van der Waals surface area contributed by atoms with Crippen LogP contribution in [0.3, 0.4) is 0 Å². The monoisotopic (exact) mass is 538 g/mol. The number of rotatable bonds is 0. The Hall–Kier alpha value is -5.12. The van der Waals surface area contributed by atoms with E-state index < -0.39 is 0 Å². The van der Waals surface area contributed by atoms with Gasteiger partial charge in [-0.25, -0.2) is 0 Å². The van der Waals surface area contributed by atoms with Crippen molar-refractivity contribution in [2.45, 2.75) is 44.6 Å². The van der Waals surface area contributed by atoms with Crippen LogP contribution >= 0.6 is 0 Å². The van der Waals surface area contributed by atoms with Crippen molar-refractivity contribution < 1.29 is 39.6 Å². The van der Waals surface area contributed by atoms with Crippen LogP contribution < -0.4 is 0 Å². The zero-order chi connectivity index (χ0) is 24.0. The van der Waals surface area contributed by atoms with Gasteiger partial charge < -0.3 is 147 Å². The van der Waals surface area contributed by atoms with Gasteiger partial charge in [-0.05, 0) is 0 Å². The van der Waals surface area contributed by atoms with E-state index in [0.717, 1.165) is 0 Å². The summed E-state index contributed by atoms with van der Waals surface area (Å²) in [7, 11) is 0. The third-order valence-corrected chi connectivity index (χ3v) is 0. The first-order chi connectivity index (χ1) is 12.0. The van der Waals surface area contributed by atoms with Crippen molar-refractivity contribution in [2.24, 2.45) is 0 Å². The summed E-state index contributed by atoms with van der Waals surface area (Å²) >= 11 is 0. The summed E-state index contributed by atoms with van der Waals surface area (Å²) in [5, 5.41) is 75.0. The molecule has 0 amide bonds. The molecule has 0 heterocycles. The third-order valence-electron chi connectivity index (χ3n) is 0. The van der Waals surface area contributed by atoms with Crippen LogP contribution in [-0.4, -0.2) is 5.48 Å². The van der Waals surface area contributed by atoms with Gasteiger partial charge in [0.2, 0.25) is 0 Å². The minimum absolute atomic E-state index is 0. The van der Waals surface area contributed by atoms with Gasteiger partial charge in [0, 0.05) is 0 Å². The minimum atomic E-state index is 0. The van der Waals surface area contributed by atoms with Crippen LogP contribution in [0.5, 0.6) is 0 Å². The fraction of sp³-hybridized carbons (Fsp3) is 0.333. The van der Waals surface area contributed by atoms with Crippen molar-refractivity contribution in [3.05, 3.63) is 78.9 Å².